The maximum absolute atomic E-state index is 6.02. The highest BCUT2D eigenvalue weighted by atomic mass is 15.2. The van der Waals surface area contributed by atoms with E-state index in [0.29, 0.717) is 5.41 Å². The van der Waals surface area contributed by atoms with Crippen LogP contribution >= 0.6 is 0 Å². The summed E-state index contributed by atoms with van der Waals surface area (Å²) < 4.78 is 0. The smallest absolute Gasteiger partial charge is 0.0138 e. The summed E-state index contributed by atoms with van der Waals surface area (Å²) in [4.78, 5) is 2.83. The van der Waals surface area contributed by atoms with Gasteiger partial charge in [0, 0.05) is 12.1 Å². The number of nitrogens with two attached hydrogens (primary N) is 1. The Morgan fingerprint density at radius 2 is 1.67 bits per heavy atom. The minimum absolute atomic E-state index is 0.537. The van der Waals surface area contributed by atoms with E-state index in [4.69, 9.17) is 5.73 Å². The van der Waals surface area contributed by atoms with Gasteiger partial charge in [-0.1, -0.05) is 40.5 Å². The predicted molar refractivity (Wildman–Crippen MR) is 92.4 cm³/mol. The molecule has 0 radical (unpaired) electrons. The van der Waals surface area contributed by atoms with Crippen molar-refractivity contribution in [3.8, 4) is 0 Å². The molecule has 0 spiro atoms. The van der Waals surface area contributed by atoms with Crippen molar-refractivity contribution < 1.29 is 0 Å². The molecule has 0 bridgehead atoms. The Kier molecular flexibility index (Phi) is 6.14. The van der Waals surface area contributed by atoms with E-state index in [1.165, 1.54) is 57.9 Å². The van der Waals surface area contributed by atoms with E-state index in [-0.39, 0.29) is 0 Å². The highest BCUT2D eigenvalue weighted by Crippen LogP contribution is 2.42. The Morgan fingerprint density at radius 1 is 1.00 bits per heavy atom. The van der Waals surface area contributed by atoms with Gasteiger partial charge in [-0.2, -0.15) is 0 Å². The summed E-state index contributed by atoms with van der Waals surface area (Å²) in [6, 6.07) is 1.61. The van der Waals surface area contributed by atoms with E-state index in [9.17, 15) is 0 Å². The summed E-state index contributed by atoms with van der Waals surface area (Å²) in [6.45, 7) is 11.8. The lowest BCUT2D eigenvalue weighted by Gasteiger charge is -2.45. The highest BCUT2D eigenvalue weighted by Gasteiger charge is 2.38. The van der Waals surface area contributed by atoms with Crippen LogP contribution in [0.25, 0.3) is 0 Å². The molecule has 2 fully saturated rings. The van der Waals surface area contributed by atoms with E-state index in [1.807, 2.05) is 0 Å². The minimum atomic E-state index is 0.537. The van der Waals surface area contributed by atoms with Crippen molar-refractivity contribution in [3.05, 3.63) is 0 Å². The SMILES string of the molecule is CCN(C1CCC(C(C)(C)CC)CC1)C1CCCC1CN. The molecule has 2 rings (SSSR count). The molecule has 2 atom stereocenters. The first-order valence-corrected chi connectivity index (χ1v) is 9.49. The molecule has 2 unspecified atom stereocenters. The predicted octanol–water partition coefficient (Wildman–Crippen LogP) is 4.43. The van der Waals surface area contributed by atoms with Crippen molar-refractivity contribution in [2.75, 3.05) is 13.1 Å². The fourth-order valence-electron chi connectivity index (χ4n) is 4.97. The van der Waals surface area contributed by atoms with Gasteiger partial charge in [0.25, 0.3) is 0 Å². The van der Waals surface area contributed by atoms with Crippen molar-refractivity contribution in [1.29, 1.82) is 0 Å². The third-order valence-electron chi connectivity index (χ3n) is 6.89. The number of rotatable bonds is 6. The number of hydrogen-bond donors (Lipinski definition) is 1. The van der Waals surface area contributed by atoms with Gasteiger partial charge in [0.15, 0.2) is 0 Å². The molecule has 0 aliphatic heterocycles. The normalized spacial score (nSPS) is 34.6. The molecule has 0 saturated heterocycles. The fourth-order valence-corrected chi connectivity index (χ4v) is 4.97. The highest BCUT2D eigenvalue weighted by molar-refractivity contribution is 4.92. The lowest BCUT2D eigenvalue weighted by molar-refractivity contribution is 0.0518. The molecule has 0 aromatic heterocycles. The average Bonchev–Trinajstić information content (AvgIpc) is 2.97. The van der Waals surface area contributed by atoms with Crippen LogP contribution in [0.3, 0.4) is 0 Å². The lowest BCUT2D eigenvalue weighted by atomic mass is 9.68. The molecule has 0 heterocycles. The summed E-state index contributed by atoms with van der Waals surface area (Å²) >= 11 is 0. The second-order valence-electron chi connectivity index (χ2n) is 8.17. The molecule has 0 amide bonds. The van der Waals surface area contributed by atoms with E-state index in [0.717, 1.165) is 30.5 Å². The maximum atomic E-state index is 6.02. The van der Waals surface area contributed by atoms with Crippen molar-refractivity contribution in [2.24, 2.45) is 23.0 Å². The molecule has 0 aromatic carbocycles. The summed E-state index contributed by atoms with van der Waals surface area (Å²) in [5.74, 6) is 1.70. The first-order chi connectivity index (χ1) is 10.0. The van der Waals surface area contributed by atoms with Crippen LogP contribution in [0.5, 0.6) is 0 Å². The molecule has 0 aromatic rings. The quantitative estimate of drug-likeness (QED) is 0.785. The van der Waals surface area contributed by atoms with Crippen LogP contribution in [0.15, 0.2) is 0 Å². The molecular formula is C19H38N2. The summed E-state index contributed by atoms with van der Waals surface area (Å²) in [7, 11) is 0. The van der Waals surface area contributed by atoms with Gasteiger partial charge in [-0.25, -0.2) is 0 Å². The molecular weight excluding hydrogens is 256 g/mol. The van der Waals surface area contributed by atoms with Crippen molar-refractivity contribution in [3.63, 3.8) is 0 Å². The largest absolute Gasteiger partial charge is 0.330 e. The Hall–Kier alpha value is -0.0800. The Balaban J connectivity index is 1.93. The topological polar surface area (TPSA) is 29.3 Å². The van der Waals surface area contributed by atoms with Crippen LogP contribution in [0.2, 0.25) is 0 Å². The summed E-state index contributed by atoms with van der Waals surface area (Å²) in [5.41, 5.74) is 6.55. The van der Waals surface area contributed by atoms with Crippen LogP contribution in [0, 0.1) is 17.3 Å². The molecule has 124 valence electrons. The lowest BCUT2D eigenvalue weighted by Crippen LogP contribution is -2.48. The maximum Gasteiger partial charge on any atom is 0.0138 e. The van der Waals surface area contributed by atoms with Gasteiger partial charge in [-0.3, -0.25) is 4.90 Å². The van der Waals surface area contributed by atoms with Gasteiger partial charge in [0.1, 0.15) is 0 Å². The zero-order chi connectivity index (χ0) is 15.5. The zero-order valence-electron chi connectivity index (χ0n) is 14.9. The Bertz CT molecular complexity index is 305. The van der Waals surface area contributed by atoms with E-state index in [1.54, 1.807) is 0 Å². The van der Waals surface area contributed by atoms with Gasteiger partial charge in [-0.15, -0.1) is 0 Å². The molecule has 2 aliphatic carbocycles. The van der Waals surface area contributed by atoms with Crippen LogP contribution in [0.1, 0.15) is 79.1 Å². The van der Waals surface area contributed by atoms with Crippen LogP contribution in [0.4, 0.5) is 0 Å². The Morgan fingerprint density at radius 3 is 2.19 bits per heavy atom. The van der Waals surface area contributed by atoms with Crippen LogP contribution in [-0.4, -0.2) is 30.1 Å². The molecule has 2 N–H and O–H groups in total. The van der Waals surface area contributed by atoms with Gasteiger partial charge < -0.3 is 5.73 Å². The molecule has 2 saturated carbocycles. The number of nitrogens with zero attached hydrogens (tertiary/aromatic N) is 1. The van der Waals surface area contributed by atoms with Gasteiger partial charge in [0.05, 0.1) is 0 Å². The van der Waals surface area contributed by atoms with Crippen molar-refractivity contribution in [1.82, 2.24) is 4.90 Å². The molecule has 2 nitrogen and oxygen atoms in total. The van der Waals surface area contributed by atoms with Crippen molar-refractivity contribution >= 4 is 0 Å². The minimum Gasteiger partial charge on any atom is -0.330 e. The second kappa shape index (κ2) is 7.46. The zero-order valence-corrected chi connectivity index (χ0v) is 14.9. The Labute approximate surface area is 132 Å². The van der Waals surface area contributed by atoms with E-state index >= 15 is 0 Å². The third kappa shape index (κ3) is 3.82. The van der Waals surface area contributed by atoms with E-state index < -0.39 is 0 Å². The fraction of sp³-hybridized carbons (Fsp3) is 1.00. The summed E-state index contributed by atoms with van der Waals surface area (Å²) in [6.07, 6.45) is 11.1. The van der Waals surface area contributed by atoms with Gasteiger partial charge in [0.2, 0.25) is 0 Å². The van der Waals surface area contributed by atoms with Crippen LogP contribution in [-0.2, 0) is 0 Å². The second-order valence-corrected chi connectivity index (χ2v) is 8.17. The van der Waals surface area contributed by atoms with Crippen LogP contribution < -0.4 is 5.73 Å². The molecule has 2 aliphatic rings. The average molecular weight is 295 g/mol. The monoisotopic (exact) mass is 294 g/mol. The first-order valence-electron chi connectivity index (χ1n) is 9.49. The van der Waals surface area contributed by atoms with Gasteiger partial charge >= 0.3 is 0 Å². The summed E-state index contributed by atoms with van der Waals surface area (Å²) in [5, 5.41) is 0. The van der Waals surface area contributed by atoms with E-state index in [2.05, 4.69) is 32.6 Å². The molecule has 21 heavy (non-hydrogen) atoms. The third-order valence-corrected chi connectivity index (χ3v) is 6.89. The molecule has 2 heteroatoms. The standard InChI is InChI=1S/C19H38N2/c1-5-19(3,4)16-10-12-17(13-11-16)21(6-2)18-9-7-8-15(18)14-20/h15-18H,5-14,20H2,1-4H3. The van der Waals surface area contributed by atoms with Gasteiger partial charge in [-0.05, 0) is 68.9 Å². The first kappa shape index (κ1) is 17.3. The number of hydrogen-bond acceptors (Lipinski definition) is 2. The van der Waals surface area contributed by atoms with Crippen molar-refractivity contribution in [2.45, 2.75) is 91.1 Å².